The average Bonchev–Trinajstić information content (AvgIpc) is 3.51. The number of hydrogen-bond acceptors (Lipinski definition) is 8. The highest BCUT2D eigenvalue weighted by Gasteiger charge is 2.44. The van der Waals surface area contributed by atoms with Crippen LogP contribution in [-0.4, -0.2) is 58.6 Å². The van der Waals surface area contributed by atoms with E-state index in [1.54, 1.807) is 11.1 Å². The van der Waals surface area contributed by atoms with E-state index in [1.165, 1.54) is 18.4 Å². The van der Waals surface area contributed by atoms with Crippen molar-refractivity contribution >= 4 is 45.2 Å². The van der Waals surface area contributed by atoms with Gasteiger partial charge in [-0.3, -0.25) is 4.79 Å². The van der Waals surface area contributed by atoms with Crippen LogP contribution in [0.3, 0.4) is 0 Å². The Morgan fingerprint density at radius 2 is 2.17 bits per heavy atom. The molecular weight excluding hydrogens is 476 g/mol. The fraction of sp³-hybridized carbons (Fsp3) is 0.407. The second-order valence-corrected chi connectivity index (χ2v) is 10.4. The average molecular weight is 507 g/mol. The summed E-state index contributed by atoms with van der Waals surface area (Å²) in [6, 6.07) is 6.87. The van der Waals surface area contributed by atoms with Gasteiger partial charge in [-0.05, 0) is 41.8 Å². The third kappa shape index (κ3) is 4.93. The fourth-order valence-electron chi connectivity index (χ4n) is 4.76. The second-order valence-electron chi connectivity index (χ2n) is 9.55. The van der Waals surface area contributed by atoms with Crippen LogP contribution in [0.1, 0.15) is 37.9 Å². The van der Waals surface area contributed by atoms with Crippen LogP contribution in [0.5, 0.6) is 5.88 Å². The Balaban J connectivity index is 1.55. The molecule has 2 aliphatic rings. The van der Waals surface area contributed by atoms with Crippen molar-refractivity contribution in [2.75, 3.05) is 19.0 Å². The number of esters is 1. The molecule has 0 spiro atoms. The number of aromatic nitrogens is 2. The zero-order chi connectivity index (χ0) is 25.2. The summed E-state index contributed by atoms with van der Waals surface area (Å²) >= 11 is 1.49. The van der Waals surface area contributed by atoms with Gasteiger partial charge in [-0.15, -0.1) is 11.3 Å². The van der Waals surface area contributed by atoms with Gasteiger partial charge in [0.15, 0.2) is 5.13 Å². The van der Waals surface area contributed by atoms with Crippen molar-refractivity contribution in [1.82, 2.24) is 14.9 Å². The van der Waals surface area contributed by atoms with Crippen LogP contribution < -0.4 is 10.1 Å². The molecule has 4 heterocycles. The Kier molecular flexibility index (Phi) is 6.91. The maximum absolute atomic E-state index is 13.8. The number of ether oxygens (including phenoxy) is 2. The normalized spacial score (nSPS) is 23.2. The Morgan fingerprint density at radius 1 is 1.31 bits per heavy atom. The summed E-state index contributed by atoms with van der Waals surface area (Å²) in [6.45, 7) is 4.23. The van der Waals surface area contributed by atoms with Gasteiger partial charge in [0.1, 0.15) is 18.2 Å². The van der Waals surface area contributed by atoms with Gasteiger partial charge in [0, 0.05) is 23.4 Å². The summed E-state index contributed by atoms with van der Waals surface area (Å²) in [5, 5.41) is 7.96. The lowest BCUT2D eigenvalue weighted by molar-refractivity contribution is -0.151. The van der Waals surface area contributed by atoms with Crippen LogP contribution in [0.2, 0.25) is 0 Å². The zero-order valence-electron chi connectivity index (χ0n) is 20.6. The minimum absolute atomic E-state index is 0.0187. The zero-order valence-corrected chi connectivity index (χ0v) is 21.5. The van der Waals surface area contributed by atoms with E-state index >= 15 is 0 Å². The second kappa shape index (κ2) is 10.3. The maximum Gasteiger partial charge on any atom is 0.328 e. The number of fused-ring (bicyclic) bond motifs is 5. The molecule has 8 nitrogen and oxygen atoms in total. The first-order valence-corrected chi connectivity index (χ1v) is 13.1. The minimum Gasteiger partial charge on any atom is -0.472 e. The number of amides is 1. The van der Waals surface area contributed by atoms with E-state index in [-0.39, 0.29) is 18.4 Å². The number of allylic oxidation sites excluding steroid dienone is 1. The Bertz CT molecular complexity index is 1300. The summed E-state index contributed by atoms with van der Waals surface area (Å²) < 4.78 is 11.4. The van der Waals surface area contributed by atoms with Gasteiger partial charge in [-0.2, -0.15) is 0 Å². The summed E-state index contributed by atoms with van der Waals surface area (Å²) in [5.41, 5.74) is 2.04. The first-order valence-electron chi connectivity index (χ1n) is 12.2. The van der Waals surface area contributed by atoms with E-state index in [4.69, 9.17) is 14.5 Å². The lowest BCUT2D eigenvalue weighted by Gasteiger charge is -2.29. The lowest BCUT2D eigenvalue weighted by atomic mass is 10.0. The number of rotatable bonds is 2. The molecule has 2 aliphatic heterocycles. The molecule has 188 valence electrons. The van der Waals surface area contributed by atoms with Gasteiger partial charge < -0.3 is 19.7 Å². The molecule has 9 heteroatoms. The summed E-state index contributed by atoms with van der Waals surface area (Å²) in [4.78, 5) is 37.3. The largest absolute Gasteiger partial charge is 0.472 e. The number of nitrogens with zero attached hydrogens (tertiary/aromatic N) is 3. The number of thiazole rings is 1. The first kappa shape index (κ1) is 24.2. The number of methoxy groups -OCH3 is 1. The van der Waals surface area contributed by atoms with Gasteiger partial charge in [-0.25, -0.2) is 14.8 Å². The minimum atomic E-state index is -0.724. The topological polar surface area (TPSA) is 93.7 Å². The van der Waals surface area contributed by atoms with Gasteiger partial charge in [0.25, 0.3) is 0 Å². The van der Waals surface area contributed by atoms with Crippen LogP contribution in [0.25, 0.3) is 16.8 Å². The smallest absolute Gasteiger partial charge is 0.328 e. The molecule has 5 rings (SSSR count). The number of carbonyl (C=O) groups is 2. The van der Waals surface area contributed by atoms with Gasteiger partial charge >= 0.3 is 5.97 Å². The highest BCUT2D eigenvalue weighted by Crippen LogP contribution is 2.31. The molecule has 0 aliphatic carbocycles. The number of aryl methyl sites for hydroxylation is 1. The van der Waals surface area contributed by atoms with E-state index in [0.29, 0.717) is 17.4 Å². The molecule has 36 heavy (non-hydrogen) atoms. The number of carbonyl (C=O) groups excluding carboxylic acids is 2. The molecule has 0 unspecified atom stereocenters. The number of nitrogens with one attached hydrogen (secondary N) is 1. The standard InChI is InChI=1S/C27H30N4O4S/c1-16(2)23-25(32)31-14-20(13-22(31)26(33)34-3)35-24-21-12-17(8-9-18(21)10-11-28-24)6-4-5-7-19-15-36-27(29-19)30-23/h4,6,8-12,15-16,20,22-23H,5,7,13-14H2,1-3H3,(H,29,30)/b6-4+/t20-,22+,23+/m1/s1. The molecular formula is C27H30N4O4S. The van der Waals surface area contributed by atoms with Crippen LogP contribution in [0.4, 0.5) is 5.13 Å². The van der Waals surface area contributed by atoms with Crippen LogP contribution in [0, 0.1) is 5.92 Å². The van der Waals surface area contributed by atoms with E-state index in [1.807, 2.05) is 25.3 Å². The molecule has 6 bridgehead atoms. The van der Waals surface area contributed by atoms with Crippen molar-refractivity contribution in [3.8, 4) is 5.88 Å². The van der Waals surface area contributed by atoms with Gasteiger partial charge in [0.2, 0.25) is 11.8 Å². The van der Waals surface area contributed by atoms with Crippen molar-refractivity contribution in [1.29, 1.82) is 0 Å². The molecule has 0 saturated carbocycles. The van der Waals surface area contributed by atoms with E-state index < -0.39 is 24.2 Å². The maximum atomic E-state index is 13.8. The number of anilines is 1. The Morgan fingerprint density at radius 3 is 2.97 bits per heavy atom. The third-order valence-corrected chi connectivity index (χ3v) is 7.51. The quantitative estimate of drug-likeness (QED) is 0.518. The Hall–Kier alpha value is -3.46. The number of pyridine rings is 1. The fourth-order valence-corrected chi connectivity index (χ4v) is 5.55. The molecule has 1 aromatic carbocycles. The third-order valence-electron chi connectivity index (χ3n) is 6.69. The number of benzene rings is 1. The van der Waals surface area contributed by atoms with Crippen molar-refractivity contribution < 1.29 is 19.1 Å². The molecule has 0 radical (unpaired) electrons. The Labute approximate surface area is 214 Å². The molecule has 2 aromatic heterocycles. The lowest BCUT2D eigenvalue weighted by Crippen LogP contribution is -2.50. The molecule has 1 fully saturated rings. The van der Waals surface area contributed by atoms with E-state index in [0.717, 1.165) is 34.9 Å². The first-order chi connectivity index (χ1) is 17.4. The van der Waals surface area contributed by atoms with Gasteiger partial charge in [0.05, 0.1) is 19.3 Å². The predicted octanol–water partition coefficient (Wildman–Crippen LogP) is 4.31. The summed E-state index contributed by atoms with van der Waals surface area (Å²) in [6.07, 6.45) is 7.55. The number of hydrogen-bond donors (Lipinski definition) is 1. The predicted molar refractivity (Wildman–Crippen MR) is 140 cm³/mol. The van der Waals surface area contributed by atoms with Crippen molar-refractivity contribution in [3.05, 3.63) is 53.2 Å². The van der Waals surface area contributed by atoms with Crippen molar-refractivity contribution in [3.63, 3.8) is 0 Å². The van der Waals surface area contributed by atoms with Crippen LogP contribution >= 0.6 is 11.3 Å². The van der Waals surface area contributed by atoms with E-state index in [2.05, 4.69) is 40.7 Å². The van der Waals surface area contributed by atoms with Crippen LogP contribution in [-0.2, 0) is 20.7 Å². The van der Waals surface area contributed by atoms with Crippen molar-refractivity contribution in [2.24, 2.45) is 5.92 Å². The summed E-state index contributed by atoms with van der Waals surface area (Å²) in [5.74, 6) is -0.132. The highest BCUT2D eigenvalue weighted by molar-refractivity contribution is 7.13. The van der Waals surface area contributed by atoms with Gasteiger partial charge in [-0.1, -0.05) is 38.1 Å². The molecule has 1 amide bonds. The molecule has 1 saturated heterocycles. The van der Waals surface area contributed by atoms with Crippen LogP contribution in [0.15, 0.2) is 41.9 Å². The molecule has 1 N–H and O–H groups in total. The molecule has 3 aromatic rings. The van der Waals surface area contributed by atoms with Crippen molar-refractivity contribution in [2.45, 2.75) is 51.3 Å². The highest BCUT2D eigenvalue weighted by atomic mass is 32.1. The molecule has 3 atom stereocenters. The monoisotopic (exact) mass is 506 g/mol. The van der Waals surface area contributed by atoms with E-state index in [9.17, 15) is 9.59 Å². The SMILES string of the molecule is COC(=O)[C@@H]1C[C@@H]2CN1C(=O)[C@H](C(C)C)Nc1nc(cs1)CC/C=C/c1ccc3ccnc(c3c1)O2. The summed E-state index contributed by atoms with van der Waals surface area (Å²) in [7, 11) is 1.34.